The third kappa shape index (κ3) is 1.99. The molecule has 2 heterocycles. The van der Waals surface area contributed by atoms with Crippen molar-refractivity contribution >= 4 is 0 Å². The second-order valence-corrected chi connectivity index (χ2v) is 6.16. The molecule has 5 nitrogen and oxygen atoms in total. The lowest BCUT2D eigenvalue weighted by molar-refractivity contribution is -0.127. The summed E-state index contributed by atoms with van der Waals surface area (Å²) in [7, 11) is 1.85. The monoisotopic (exact) mass is 278 g/mol. The predicted octanol–water partition coefficient (Wildman–Crippen LogP) is 2.30. The van der Waals surface area contributed by atoms with E-state index in [1.54, 1.807) is 6.33 Å². The third-order valence-electron chi connectivity index (χ3n) is 5.61. The molecule has 0 aromatic carbocycles. The Morgan fingerprint density at radius 1 is 1.45 bits per heavy atom. The molecular formula is C15H26N4O. The molecule has 3 rings (SSSR count). The lowest BCUT2D eigenvalue weighted by Gasteiger charge is -2.56. The Morgan fingerprint density at radius 3 is 2.95 bits per heavy atom. The number of nitrogens with zero attached hydrogens (tertiary/aromatic N) is 3. The van der Waals surface area contributed by atoms with E-state index in [4.69, 9.17) is 4.74 Å². The van der Waals surface area contributed by atoms with E-state index < -0.39 is 0 Å². The van der Waals surface area contributed by atoms with Crippen molar-refractivity contribution in [2.24, 2.45) is 5.41 Å². The SMILES string of the molecule is CCC1(CC)[C@@H](OC)C[C@H]1N[C@@H]1CCCn2ncnc21. The lowest BCUT2D eigenvalue weighted by Crippen LogP contribution is -2.63. The number of hydrogen-bond acceptors (Lipinski definition) is 4. The molecule has 1 fully saturated rings. The van der Waals surface area contributed by atoms with Crippen molar-refractivity contribution < 1.29 is 4.74 Å². The molecule has 0 spiro atoms. The van der Waals surface area contributed by atoms with Crippen molar-refractivity contribution in [3.63, 3.8) is 0 Å². The van der Waals surface area contributed by atoms with Crippen molar-refractivity contribution in [3.8, 4) is 0 Å². The van der Waals surface area contributed by atoms with E-state index in [-0.39, 0.29) is 5.41 Å². The van der Waals surface area contributed by atoms with Gasteiger partial charge in [-0.15, -0.1) is 0 Å². The number of rotatable bonds is 5. The van der Waals surface area contributed by atoms with Crippen molar-refractivity contribution in [2.45, 2.75) is 70.7 Å². The molecule has 1 saturated carbocycles. The van der Waals surface area contributed by atoms with Crippen LogP contribution in [0.1, 0.15) is 57.8 Å². The normalized spacial score (nSPS) is 31.6. The topological polar surface area (TPSA) is 52.0 Å². The molecule has 0 unspecified atom stereocenters. The minimum absolute atomic E-state index is 0.289. The standard InChI is InChI=1S/C15H26N4O/c1-4-15(5-2)12(9-13(15)20-3)18-11-7-6-8-19-14(11)16-10-17-19/h10-13,18H,4-9H2,1-3H3/t11-,12-,13+/m1/s1. The van der Waals surface area contributed by atoms with Crippen LogP contribution in [-0.2, 0) is 11.3 Å². The van der Waals surface area contributed by atoms with E-state index in [2.05, 4.69) is 29.2 Å². The molecule has 1 aliphatic heterocycles. The Balaban J connectivity index is 1.73. The van der Waals surface area contributed by atoms with E-state index in [1.807, 2.05) is 11.8 Å². The molecular weight excluding hydrogens is 252 g/mol. The van der Waals surface area contributed by atoms with Gasteiger partial charge in [0.25, 0.3) is 0 Å². The van der Waals surface area contributed by atoms with Crippen molar-refractivity contribution in [1.82, 2.24) is 20.1 Å². The van der Waals surface area contributed by atoms with Crippen molar-refractivity contribution in [1.29, 1.82) is 0 Å². The molecule has 0 radical (unpaired) electrons. The summed E-state index contributed by atoms with van der Waals surface area (Å²) in [4.78, 5) is 4.45. The van der Waals surface area contributed by atoms with Gasteiger partial charge in [-0.3, -0.25) is 0 Å². The van der Waals surface area contributed by atoms with Gasteiger partial charge in [0, 0.05) is 25.1 Å². The first-order valence-electron chi connectivity index (χ1n) is 7.91. The van der Waals surface area contributed by atoms with Crippen LogP contribution in [0.5, 0.6) is 0 Å². The first-order chi connectivity index (χ1) is 9.75. The number of nitrogens with one attached hydrogen (secondary N) is 1. The largest absolute Gasteiger partial charge is 0.381 e. The minimum atomic E-state index is 0.289. The van der Waals surface area contributed by atoms with E-state index in [0.717, 1.165) is 25.2 Å². The number of aromatic nitrogens is 3. The van der Waals surface area contributed by atoms with E-state index in [9.17, 15) is 0 Å². The molecule has 0 amide bonds. The number of ether oxygens (including phenoxy) is 1. The molecule has 1 N–H and O–H groups in total. The van der Waals surface area contributed by atoms with E-state index in [1.165, 1.54) is 19.3 Å². The van der Waals surface area contributed by atoms with Gasteiger partial charge in [-0.25, -0.2) is 9.67 Å². The molecule has 0 saturated heterocycles. The van der Waals surface area contributed by atoms with E-state index in [0.29, 0.717) is 18.2 Å². The van der Waals surface area contributed by atoms with Crippen LogP contribution < -0.4 is 5.32 Å². The Hall–Kier alpha value is -0.940. The average Bonchev–Trinajstić information content (AvgIpc) is 2.93. The van der Waals surface area contributed by atoms with Gasteiger partial charge in [-0.2, -0.15) is 5.10 Å². The second kappa shape index (κ2) is 5.45. The van der Waals surface area contributed by atoms with Crippen LogP contribution in [0.15, 0.2) is 6.33 Å². The summed E-state index contributed by atoms with van der Waals surface area (Å²) in [6.07, 6.45) is 7.87. The van der Waals surface area contributed by atoms with Gasteiger partial charge in [0.15, 0.2) is 0 Å². The average molecular weight is 278 g/mol. The molecule has 1 aromatic rings. The van der Waals surface area contributed by atoms with Gasteiger partial charge in [-0.1, -0.05) is 13.8 Å². The zero-order valence-corrected chi connectivity index (χ0v) is 12.8. The highest BCUT2D eigenvalue weighted by Gasteiger charge is 2.53. The Labute approximate surface area is 121 Å². The maximum absolute atomic E-state index is 5.68. The fourth-order valence-corrected chi connectivity index (χ4v) is 4.20. The fraction of sp³-hybridized carbons (Fsp3) is 0.867. The molecule has 5 heteroatoms. The summed E-state index contributed by atoms with van der Waals surface area (Å²) < 4.78 is 7.73. The smallest absolute Gasteiger partial charge is 0.143 e. The molecule has 3 atom stereocenters. The number of aryl methyl sites for hydroxylation is 1. The van der Waals surface area contributed by atoms with Gasteiger partial charge in [-0.05, 0) is 32.1 Å². The summed E-state index contributed by atoms with van der Waals surface area (Å²) in [5.41, 5.74) is 0.289. The fourth-order valence-electron chi connectivity index (χ4n) is 4.20. The van der Waals surface area contributed by atoms with Gasteiger partial charge in [0.1, 0.15) is 12.2 Å². The molecule has 1 aliphatic carbocycles. The molecule has 2 aliphatic rings. The second-order valence-electron chi connectivity index (χ2n) is 6.16. The van der Waals surface area contributed by atoms with Gasteiger partial charge in [0.05, 0.1) is 12.1 Å². The summed E-state index contributed by atoms with van der Waals surface area (Å²) in [5.74, 6) is 1.11. The number of fused-ring (bicyclic) bond motifs is 1. The van der Waals surface area contributed by atoms with Crippen LogP contribution in [0.4, 0.5) is 0 Å². The van der Waals surface area contributed by atoms with Crippen LogP contribution in [0.2, 0.25) is 0 Å². The number of hydrogen-bond donors (Lipinski definition) is 1. The summed E-state index contributed by atoms with van der Waals surface area (Å²) in [5, 5.41) is 8.16. The highest BCUT2D eigenvalue weighted by atomic mass is 16.5. The van der Waals surface area contributed by atoms with Crippen LogP contribution >= 0.6 is 0 Å². The predicted molar refractivity (Wildman–Crippen MR) is 77.3 cm³/mol. The maximum Gasteiger partial charge on any atom is 0.143 e. The zero-order chi connectivity index (χ0) is 14.2. The van der Waals surface area contributed by atoms with Crippen molar-refractivity contribution in [2.75, 3.05) is 7.11 Å². The van der Waals surface area contributed by atoms with Gasteiger partial charge in [0.2, 0.25) is 0 Å². The minimum Gasteiger partial charge on any atom is -0.381 e. The van der Waals surface area contributed by atoms with Gasteiger partial charge < -0.3 is 10.1 Å². The molecule has 1 aromatic heterocycles. The Kier molecular flexibility index (Phi) is 3.82. The quantitative estimate of drug-likeness (QED) is 0.898. The molecule has 112 valence electrons. The summed E-state index contributed by atoms with van der Waals surface area (Å²) >= 11 is 0. The highest BCUT2D eigenvalue weighted by Crippen LogP contribution is 2.49. The first kappa shape index (κ1) is 14.0. The summed E-state index contributed by atoms with van der Waals surface area (Å²) in [6.45, 7) is 5.57. The van der Waals surface area contributed by atoms with Crippen LogP contribution in [0.3, 0.4) is 0 Å². The highest BCUT2D eigenvalue weighted by molar-refractivity contribution is 5.09. The number of methoxy groups -OCH3 is 1. The van der Waals surface area contributed by atoms with Crippen molar-refractivity contribution in [3.05, 3.63) is 12.2 Å². The van der Waals surface area contributed by atoms with Crippen LogP contribution in [0, 0.1) is 5.41 Å². The van der Waals surface area contributed by atoms with Gasteiger partial charge >= 0.3 is 0 Å². The lowest BCUT2D eigenvalue weighted by atomic mass is 9.58. The maximum atomic E-state index is 5.68. The third-order valence-corrected chi connectivity index (χ3v) is 5.61. The first-order valence-corrected chi connectivity index (χ1v) is 7.91. The van der Waals surface area contributed by atoms with E-state index >= 15 is 0 Å². The van der Waals surface area contributed by atoms with Crippen LogP contribution in [0.25, 0.3) is 0 Å². The molecule has 20 heavy (non-hydrogen) atoms. The summed E-state index contributed by atoms with van der Waals surface area (Å²) in [6, 6.07) is 0.891. The Bertz CT molecular complexity index is 454. The molecule has 0 bridgehead atoms. The van der Waals surface area contributed by atoms with Crippen LogP contribution in [-0.4, -0.2) is 34.0 Å². The Morgan fingerprint density at radius 2 is 2.25 bits per heavy atom. The zero-order valence-electron chi connectivity index (χ0n) is 12.8.